The molecule has 7 nitrogen and oxygen atoms in total. The Kier molecular flexibility index (Phi) is 5.45. The van der Waals surface area contributed by atoms with Crippen LogP contribution in [0.3, 0.4) is 0 Å². The molecule has 0 radical (unpaired) electrons. The minimum atomic E-state index is 0.242. The molecule has 0 saturated heterocycles. The Morgan fingerprint density at radius 1 is 1.20 bits per heavy atom. The lowest BCUT2D eigenvalue weighted by Crippen LogP contribution is -2.31. The van der Waals surface area contributed by atoms with Crippen LogP contribution in [0.25, 0.3) is 0 Å². The number of hydrogen-bond acceptors (Lipinski definition) is 6. The van der Waals surface area contributed by atoms with Crippen molar-refractivity contribution >= 4 is 0 Å². The molecule has 1 aromatic carbocycles. The fraction of sp³-hybridized carbons (Fsp3) is 0.500. The molecule has 0 spiro atoms. The van der Waals surface area contributed by atoms with Crippen LogP contribution in [0.1, 0.15) is 17.0 Å². The number of nitrogens with zero attached hydrogens (tertiary/aromatic N) is 3. The summed E-state index contributed by atoms with van der Waals surface area (Å²) in [6.07, 6.45) is 1.75. The number of hydrogen-bond donors (Lipinski definition) is 1. The topological polar surface area (TPSA) is 62.9 Å². The van der Waals surface area contributed by atoms with E-state index < -0.39 is 0 Å². The van der Waals surface area contributed by atoms with Gasteiger partial charge in [0, 0.05) is 31.9 Å². The van der Waals surface area contributed by atoms with Gasteiger partial charge in [0.15, 0.2) is 11.5 Å². The normalized spacial score (nSPS) is 13.0. The Hall–Kier alpha value is -2.25. The van der Waals surface area contributed by atoms with Crippen molar-refractivity contribution in [3.63, 3.8) is 0 Å². The van der Waals surface area contributed by atoms with E-state index in [-0.39, 0.29) is 6.79 Å². The van der Waals surface area contributed by atoms with Crippen molar-refractivity contribution in [2.75, 3.05) is 41.1 Å². The van der Waals surface area contributed by atoms with Gasteiger partial charge in [-0.25, -0.2) is 4.98 Å². The highest BCUT2D eigenvalue weighted by Gasteiger charge is 2.21. The van der Waals surface area contributed by atoms with E-state index in [1.807, 2.05) is 12.1 Å². The number of H-pyrrole nitrogens is 1. The number of aromatic nitrogens is 2. The maximum Gasteiger partial charge on any atom is 0.231 e. The molecule has 136 valence electrons. The van der Waals surface area contributed by atoms with Gasteiger partial charge in [-0.05, 0) is 38.7 Å². The number of imidazole rings is 1. The third kappa shape index (κ3) is 4.24. The highest BCUT2D eigenvalue weighted by molar-refractivity contribution is 5.55. The number of rotatable bonds is 8. The van der Waals surface area contributed by atoms with Crippen molar-refractivity contribution in [2.45, 2.75) is 20.0 Å². The molecule has 0 aliphatic carbocycles. The summed E-state index contributed by atoms with van der Waals surface area (Å²) >= 11 is 0. The molecular formula is C18H26N4O3. The summed E-state index contributed by atoms with van der Waals surface area (Å²) in [5, 5.41) is 0. The van der Waals surface area contributed by atoms with E-state index >= 15 is 0 Å². The van der Waals surface area contributed by atoms with Gasteiger partial charge in [-0.2, -0.15) is 0 Å². The third-order valence-corrected chi connectivity index (χ3v) is 4.30. The van der Waals surface area contributed by atoms with Gasteiger partial charge < -0.3 is 24.1 Å². The smallest absolute Gasteiger partial charge is 0.231 e. The van der Waals surface area contributed by atoms with E-state index in [0.29, 0.717) is 11.5 Å². The zero-order valence-corrected chi connectivity index (χ0v) is 15.3. The maximum absolute atomic E-state index is 5.54. The molecule has 0 unspecified atom stereocenters. The Morgan fingerprint density at radius 3 is 2.72 bits per heavy atom. The van der Waals surface area contributed by atoms with E-state index in [0.717, 1.165) is 48.9 Å². The Labute approximate surface area is 148 Å². The monoisotopic (exact) mass is 346 g/mol. The van der Waals surface area contributed by atoms with Crippen molar-refractivity contribution in [3.05, 3.63) is 35.4 Å². The van der Waals surface area contributed by atoms with Gasteiger partial charge in [0.2, 0.25) is 12.5 Å². The quantitative estimate of drug-likeness (QED) is 0.789. The molecule has 3 rings (SSSR count). The van der Waals surface area contributed by atoms with Crippen LogP contribution in [0.4, 0.5) is 0 Å². The minimum Gasteiger partial charge on any atom is -0.493 e. The predicted molar refractivity (Wildman–Crippen MR) is 95.1 cm³/mol. The highest BCUT2D eigenvalue weighted by Crippen LogP contribution is 2.42. The molecule has 1 aliphatic rings. The predicted octanol–water partition coefficient (Wildman–Crippen LogP) is 2.02. The molecule has 1 aromatic heterocycles. The standard InChI is InChI=1S/C18H26N4O3/c1-13-15(20-11-19-13)10-22(6-5-21(2)3)9-14-7-16(23-4)18-17(8-14)24-12-25-18/h7-8,11H,5-6,9-10,12H2,1-4H3,(H,19,20). The molecule has 2 aromatic rings. The van der Waals surface area contributed by atoms with Gasteiger partial charge in [-0.3, -0.25) is 4.90 Å². The van der Waals surface area contributed by atoms with Crippen LogP contribution in [0, 0.1) is 6.92 Å². The summed E-state index contributed by atoms with van der Waals surface area (Å²) in [7, 11) is 5.82. The van der Waals surface area contributed by atoms with Gasteiger partial charge in [-0.1, -0.05) is 0 Å². The third-order valence-electron chi connectivity index (χ3n) is 4.30. The van der Waals surface area contributed by atoms with Crippen LogP contribution in [-0.4, -0.2) is 60.9 Å². The first-order valence-electron chi connectivity index (χ1n) is 8.39. The fourth-order valence-electron chi connectivity index (χ4n) is 2.85. The van der Waals surface area contributed by atoms with E-state index in [1.165, 1.54) is 0 Å². The van der Waals surface area contributed by atoms with E-state index in [2.05, 4.69) is 40.8 Å². The minimum absolute atomic E-state index is 0.242. The lowest BCUT2D eigenvalue weighted by atomic mass is 10.1. The summed E-state index contributed by atoms with van der Waals surface area (Å²) in [5.41, 5.74) is 3.32. The number of fused-ring (bicyclic) bond motifs is 1. The van der Waals surface area contributed by atoms with Crippen LogP contribution in [-0.2, 0) is 13.1 Å². The number of methoxy groups -OCH3 is 1. The van der Waals surface area contributed by atoms with Crippen molar-refractivity contribution in [1.82, 2.24) is 19.8 Å². The van der Waals surface area contributed by atoms with Crippen LogP contribution >= 0.6 is 0 Å². The first kappa shape index (κ1) is 17.6. The molecule has 1 aliphatic heterocycles. The second-order valence-electron chi connectivity index (χ2n) is 6.52. The molecule has 0 atom stereocenters. The van der Waals surface area contributed by atoms with Crippen LogP contribution < -0.4 is 14.2 Å². The number of ether oxygens (including phenoxy) is 3. The first-order valence-corrected chi connectivity index (χ1v) is 8.39. The van der Waals surface area contributed by atoms with Gasteiger partial charge in [0.05, 0.1) is 19.1 Å². The van der Waals surface area contributed by atoms with Gasteiger partial charge in [0.25, 0.3) is 0 Å². The Morgan fingerprint density at radius 2 is 2.04 bits per heavy atom. The highest BCUT2D eigenvalue weighted by atomic mass is 16.7. The largest absolute Gasteiger partial charge is 0.493 e. The summed E-state index contributed by atoms with van der Waals surface area (Å²) in [5.74, 6) is 2.15. The number of aromatic amines is 1. The summed E-state index contributed by atoms with van der Waals surface area (Å²) in [4.78, 5) is 12.1. The number of nitrogens with one attached hydrogen (secondary N) is 1. The van der Waals surface area contributed by atoms with Gasteiger partial charge >= 0.3 is 0 Å². The number of aryl methyl sites for hydroxylation is 1. The SMILES string of the molecule is COc1cc(CN(CCN(C)C)Cc2nc[nH]c2C)cc2c1OCO2. The first-order chi connectivity index (χ1) is 12.1. The average molecular weight is 346 g/mol. The van der Waals surface area contributed by atoms with E-state index in [4.69, 9.17) is 14.2 Å². The lowest BCUT2D eigenvalue weighted by Gasteiger charge is -2.24. The maximum atomic E-state index is 5.54. The zero-order valence-electron chi connectivity index (χ0n) is 15.3. The summed E-state index contributed by atoms with van der Waals surface area (Å²) < 4.78 is 16.5. The molecule has 0 bridgehead atoms. The van der Waals surface area contributed by atoms with Crippen LogP contribution in [0.15, 0.2) is 18.5 Å². The molecule has 1 N–H and O–H groups in total. The summed E-state index contributed by atoms with van der Waals surface area (Å²) in [6, 6.07) is 4.05. The second-order valence-corrected chi connectivity index (χ2v) is 6.52. The average Bonchev–Trinajstić information content (AvgIpc) is 3.21. The molecule has 0 amide bonds. The molecule has 0 fully saturated rings. The fourth-order valence-corrected chi connectivity index (χ4v) is 2.85. The van der Waals surface area contributed by atoms with Gasteiger partial charge in [-0.15, -0.1) is 0 Å². The van der Waals surface area contributed by atoms with Crippen molar-refractivity contribution in [1.29, 1.82) is 0 Å². The van der Waals surface area contributed by atoms with Crippen LogP contribution in [0.2, 0.25) is 0 Å². The van der Waals surface area contributed by atoms with Crippen molar-refractivity contribution in [2.24, 2.45) is 0 Å². The van der Waals surface area contributed by atoms with E-state index in [1.54, 1.807) is 13.4 Å². The number of benzene rings is 1. The molecule has 25 heavy (non-hydrogen) atoms. The Bertz CT molecular complexity index is 714. The van der Waals surface area contributed by atoms with Gasteiger partial charge in [0.1, 0.15) is 0 Å². The Balaban J connectivity index is 1.78. The zero-order chi connectivity index (χ0) is 17.8. The molecule has 2 heterocycles. The lowest BCUT2D eigenvalue weighted by molar-refractivity contribution is 0.171. The van der Waals surface area contributed by atoms with Crippen molar-refractivity contribution in [3.8, 4) is 17.2 Å². The molecular weight excluding hydrogens is 320 g/mol. The molecule has 7 heteroatoms. The van der Waals surface area contributed by atoms with Crippen molar-refractivity contribution < 1.29 is 14.2 Å². The van der Waals surface area contributed by atoms with E-state index in [9.17, 15) is 0 Å². The molecule has 0 saturated carbocycles. The summed E-state index contributed by atoms with van der Waals surface area (Å²) in [6.45, 7) is 5.79. The number of likely N-dealkylation sites (N-methyl/N-ethyl adjacent to an activating group) is 1. The van der Waals surface area contributed by atoms with Crippen LogP contribution in [0.5, 0.6) is 17.2 Å². The second kappa shape index (κ2) is 7.76.